The van der Waals surface area contributed by atoms with Crippen molar-refractivity contribution in [2.75, 3.05) is 24.2 Å². The Kier molecular flexibility index (Phi) is 7.19. The van der Waals surface area contributed by atoms with Crippen molar-refractivity contribution in [3.63, 3.8) is 0 Å². The molecule has 0 spiro atoms. The van der Waals surface area contributed by atoms with Crippen LogP contribution in [0.1, 0.15) is 45.4 Å². The van der Waals surface area contributed by atoms with E-state index in [-0.39, 0.29) is 0 Å². The lowest BCUT2D eigenvalue weighted by Crippen LogP contribution is -2.02. The molecule has 0 unspecified atom stereocenters. The van der Waals surface area contributed by atoms with Gasteiger partial charge >= 0.3 is 0 Å². The van der Waals surface area contributed by atoms with Gasteiger partial charge in [-0.1, -0.05) is 39.0 Å². The monoisotopic (exact) mass is 235 g/mol. The lowest BCUT2D eigenvalue weighted by Gasteiger charge is -2.07. The minimum Gasteiger partial charge on any atom is -0.387 e. The van der Waals surface area contributed by atoms with Crippen molar-refractivity contribution in [1.29, 1.82) is 0 Å². The highest BCUT2D eigenvalue weighted by molar-refractivity contribution is 5.53. The van der Waals surface area contributed by atoms with Crippen molar-refractivity contribution in [3.8, 4) is 0 Å². The fourth-order valence-electron chi connectivity index (χ4n) is 1.81. The molecule has 3 heteroatoms. The average Bonchev–Trinajstić information content (AvgIpc) is 2.38. The topological polar surface area (TPSA) is 37.0 Å². The number of anilines is 2. The second kappa shape index (κ2) is 8.85. The second-order valence-electron chi connectivity index (χ2n) is 4.41. The maximum Gasteiger partial charge on any atom is 0.0547 e. The number of hydrogen-bond acceptors (Lipinski definition) is 3. The first kappa shape index (κ1) is 13.8. The van der Waals surface area contributed by atoms with E-state index in [0.29, 0.717) is 0 Å². The first-order chi connectivity index (χ1) is 8.36. The summed E-state index contributed by atoms with van der Waals surface area (Å²) in [6.07, 6.45) is 11.7. The Labute approximate surface area is 105 Å². The van der Waals surface area contributed by atoms with Crippen LogP contribution in [0.4, 0.5) is 11.4 Å². The third kappa shape index (κ3) is 6.15. The molecule has 0 radical (unpaired) electrons. The van der Waals surface area contributed by atoms with Gasteiger partial charge in [-0.15, -0.1) is 0 Å². The van der Waals surface area contributed by atoms with E-state index in [1.165, 1.54) is 38.5 Å². The van der Waals surface area contributed by atoms with Gasteiger partial charge in [-0.25, -0.2) is 0 Å². The summed E-state index contributed by atoms with van der Waals surface area (Å²) < 4.78 is 0. The van der Waals surface area contributed by atoms with Crippen molar-refractivity contribution in [2.24, 2.45) is 0 Å². The van der Waals surface area contributed by atoms with E-state index < -0.39 is 0 Å². The standard InChI is InChI=1S/C14H25N3/c1-3-4-5-6-7-8-9-17-14-10-13(15-2)11-16-12-14/h10-12,15,17H,3-9H2,1-2H3. The molecule has 0 aliphatic rings. The molecule has 0 fully saturated rings. The fraction of sp³-hybridized carbons (Fsp3) is 0.643. The van der Waals surface area contributed by atoms with Gasteiger partial charge in [0.15, 0.2) is 0 Å². The summed E-state index contributed by atoms with van der Waals surface area (Å²) in [5.41, 5.74) is 2.16. The SMILES string of the molecule is CCCCCCCCNc1cncc(NC)c1. The number of unbranched alkanes of at least 4 members (excludes halogenated alkanes) is 5. The highest BCUT2D eigenvalue weighted by Crippen LogP contribution is 2.12. The van der Waals surface area contributed by atoms with Gasteiger partial charge in [0.1, 0.15) is 0 Å². The Bertz CT molecular complexity index is 299. The molecule has 1 aromatic rings. The highest BCUT2D eigenvalue weighted by Gasteiger charge is 1.94. The third-order valence-corrected chi connectivity index (χ3v) is 2.89. The quantitative estimate of drug-likeness (QED) is 0.637. The normalized spacial score (nSPS) is 10.2. The van der Waals surface area contributed by atoms with Gasteiger partial charge in [0, 0.05) is 13.6 Å². The first-order valence-electron chi connectivity index (χ1n) is 6.73. The molecule has 17 heavy (non-hydrogen) atoms. The molecule has 2 N–H and O–H groups in total. The molecule has 0 saturated carbocycles. The van der Waals surface area contributed by atoms with Crippen LogP contribution in [0.3, 0.4) is 0 Å². The number of pyridine rings is 1. The first-order valence-corrected chi connectivity index (χ1v) is 6.73. The van der Waals surface area contributed by atoms with Gasteiger partial charge in [-0.3, -0.25) is 4.98 Å². The van der Waals surface area contributed by atoms with Gasteiger partial charge in [-0.05, 0) is 12.5 Å². The van der Waals surface area contributed by atoms with Crippen molar-refractivity contribution in [3.05, 3.63) is 18.5 Å². The molecule has 0 aliphatic heterocycles. The third-order valence-electron chi connectivity index (χ3n) is 2.89. The molecule has 1 rings (SSSR count). The van der Waals surface area contributed by atoms with E-state index in [1.54, 1.807) is 0 Å². The van der Waals surface area contributed by atoms with Crippen LogP contribution in [0.5, 0.6) is 0 Å². The molecule has 1 heterocycles. The van der Waals surface area contributed by atoms with E-state index in [9.17, 15) is 0 Å². The maximum atomic E-state index is 4.17. The van der Waals surface area contributed by atoms with Crippen LogP contribution in [0, 0.1) is 0 Å². The zero-order valence-electron chi connectivity index (χ0n) is 11.1. The molecule has 1 aromatic heterocycles. The van der Waals surface area contributed by atoms with Crippen LogP contribution in [0.2, 0.25) is 0 Å². The Morgan fingerprint density at radius 2 is 1.71 bits per heavy atom. The minimum absolute atomic E-state index is 1.04. The zero-order chi connectivity index (χ0) is 12.3. The summed E-state index contributed by atoms with van der Waals surface area (Å²) in [4.78, 5) is 4.17. The molecule has 0 aromatic carbocycles. The second-order valence-corrected chi connectivity index (χ2v) is 4.41. The van der Waals surface area contributed by atoms with Gasteiger partial charge in [0.2, 0.25) is 0 Å². The summed E-state index contributed by atoms with van der Waals surface area (Å²) >= 11 is 0. The van der Waals surface area contributed by atoms with Gasteiger partial charge in [0.05, 0.1) is 23.8 Å². The summed E-state index contributed by atoms with van der Waals surface area (Å²) in [6, 6.07) is 2.09. The van der Waals surface area contributed by atoms with Crippen molar-refractivity contribution < 1.29 is 0 Å². The van der Waals surface area contributed by atoms with Gasteiger partial charge in [0.25, 0.3) is 0 Å². The van der Waals surface area contributed by atoms with E-state index >= 15 is 0 Å². The Balaban J connectivity index is 2.09. The Hall–Kier alpha value is -1.25. The largest absolute Gasteiger partial charge is 0.387 e. The van der Waals surface area contributed by atoms with Crippen LogP contribution < -0.4 is 10.6 Å². The van der Waals surface area contributed by atoms with Crippen LogP contribution in [0.25, 0.3) is 0 Å². The lowest BCUT2D eigenvalue weighted by atomic mass is 10.1. The summed E-state index contributed by atoms with van der Waals surface area (Å²) in [5.74, 6) is 0. The zero-order valence-corrected chi connectivity index (χ0v) is 11.1. The van der Waals surface area contributed by atoms with E-state index in [1.807, 2.05) is 19.4 Å². The lowest BCUT2D eigenvalue weighted by molar-refractivity contribution is 0.617. The van der Waals surface area contributed by atoms with Crippen LogP contribution in [-0.2, 0) is 0 Å². The van der Waals surface area contributed by atoms with Crippen LogP contribution in [-0.4, -0.2) is 18.6 Å². The molecule has 96 valence electrons. The number of aromatic nitrogens is 1. The van der Waals surface area contributed by atoms with E-state index in [4.69, 9.17) is 0 Å². The molecule has 0 saturated heterocycles. The van der Waals surface area contributed by atoms with Crippen LogP contribution in [0.15, 0.2) is 18.5 Å². The fourth-order valence-corrected chi connectivity index (χ4v) is 1.81. The predicted molar refractivity (Wildman–Crippen MR) is 75.6 cm³/mol. The van der Waals surface area contributed by atoms with Gasteiger partial charge in [-0.2, -0.15) is 0 Å². The molecule has 0 atom stereocenters. The smallest absolute Gasteiger partial charge is 0.0547 e. The minimum atomic E-state index is 1.04. The number of nitrogens with one attached hydrogen (secondary N) is 2. The van der Waals surface area contributed by atoms with Crippen molar-refractivity contribution in [2.45, 2.75) is 45.4 Å². The van der Waals surface area contributed by atoms with Crippen molar-refractivity contribution in [1.82, 2.24) is 4.98 Å². The number of rotatable bonds is 9. The van der Waals surface area contributed by atoms with E-state index in [0.717, 1.165) is 17.9 Å². The molecule has 0 amide bonds. The molecular weight excluding hydrogens is 210 g/mol. The van der Waals surface area contributed by atoms with E-state index in [2.05, 4.69) is 28.6 Å². The number of hydrogen-bond donors (Lipinski definition) is 2. The molecule has 0 bridgehead atoms. The Morgan fingerprint density at radius 1 is 1.00 bits per heavy atom. The Morgan fingerprint density at radius 3 is 2.47 bits per heavy atom. The molecule has 0 aliphatic carbocycles. The molecule has 3 nitrogen and oxygen atoms in total. The maximum absolute atomic E-state index is 4.17. The summed E-state index contributed by atoms with van der Waals surface area (Å²) in [7, 11) is 1.91. The average molecular weight is 235 g/mol. The summed E-state index contributed by atoms with van der Waals surface area (Å²) in [5, 5.41) is 6.50. The number of nitrogens with zero attached hydrogens (tertiary/aromatic N) is 1. The van der Waals surface area contributed by atoms with Gasteiger partial charge < -0.3 is 10.6 Å². The predicted octanol–water partition coefficient (Wildman–Crippen LogP) is 3.90. The molecular formula is C14H25N3. The highest BCUT2D eigenvalue weighted by atomic mass is 14.9. The summed E-state index contributed by atoms with van der Waals surface area (Å²) in [6.45, 7) is 3.30. The van der Waals surface area contributed by atoms with Crippen molar-refractivity contribution >= 4 is 11.4 Å². The van der Waals surface area contributed by atoms with Crippen LogP contribution >= 0.6 is 0 Å².